The molecule has 108 valence electrons. The maximum absolute atomic E-state index is 12.3. The first kappa shape index (κ1) is 14.7. The first-order chi connectivity index (χ1) is 10.1. The number of anilines is 1. The minimum Gasteiger partial charge on any atom is -0.433 e. The number of hydrogen-bond donors (Lipinski definition) is 1. The molecule has 3 nitrogen and oxygen atoms in total. The lowest BCUT2D eigenvalue weighted by Crippen LogP contribution is -2.11. The van der Waals surface area contributed by atoms with Crippen LogP contribution in [-0.4, -0.2) is 12.5 Å². The molecule has 2 aromatic carbocycles. The van der Waals surface area contributed by atoms with Gasteiger partial charge in [-0.25, -0.2) is 0 Å². The summed E-state index contributed by atoms with van der Waals surface area (Å²) in [6.45, 7) is -2.94. The number of carbonyl (C=O) groups excluding carboxylic acids is 1. The Morgan fingerprint density at radius 2 is 1.71 bits per heavy atom. The number of carbonyl (C=O) groups is 1. The number of nitrogens with one attached hydrogen (secondary N) is 1. The molecule has 2 rings (SSSR count). The maximum atomic E-state index is 12.3. The van der Waals surface area contributed by atoms with Gasteiger partial charge in [0.15, 0.2) is 0 Å². The molecule has 0 aliphatic carbocycles. The summed E-state index contributed by atoms with van der Waals surface area (Å²) in [5.74, 6) is -0.502. The highest BCUT2D eigenvalue weighted by atomic mass is 19.3. The van der Waals surface area contributed by atoms with Crippen molar-refractivity contribution in [3.8, 4) is 5.75 Å². The second-order valence-electron chi connectivity index (χ2n) is 4.11. The van der Waals surface area contributed by atoms with E-state index in [2.05, 4.69) is 10.1 Å². The Morgan fingerprint density at radius 3 is 2.43 bits per heavy atom. The van der Waals surface area contributed by atoms with Gasteiger partial charge >= 0.3 is 6.61 Å². The van der Waals surface area contributed by atoms with Gasteiger partial charge in [-0.3, -0.25) is 4.79 Å². The Bertz CT molecular complexity index is 627. The molecule has 0 saturated carbocycles. The molecular formula is C16H13F2NO2. The quantitative estimate of drug-likeness (QED) is 0.847. The Kier molecular flexibility index (Phi) is 5.04. The van der Waals surface area contributed by atoms with E-state index in [1.165, 1.54) is 18.2 Å². The summed E-state index contributed by atoms with van der Waals surface area (Å²) in [5.41, 5.74) is 1.06. The van der Waals surface area contributed by atoms with Crippen LogP contribution >= 0.6 is 0 Å². The normalized spacial score (nSPS) is 10.8. The van der Waals surface area contributed by atoms with Crippen LogP contribution in [0, 0.1) is 0 Å². The van der Waals surface area contributed by atoms with Gasteiger partial charge < -0.3 is 10.1 Å². The van der Waals surface area contributed by atoms with Crippen molar-refractivity contribution < 1.29 is 18.3 Å². The lowest BCUT2D eigenvalue weighted by molar-refractivity contribution is -0.111. The van der Waals surface area contributed by atoms with E-state index >= 15 is 0 Å². The SMILES string of the molecule is O=C(/C=C/c1ccccc1)Nc1ccccc1OC(F)F. The molecule has 2 aromatic rings. The van der Waals surface area contributed by atoms with Crippen LogP contribution in [0.3, 0.4) is 0 Å². The Hall–Kier alpha value is -2.69. The number of hydrogen-bond acceptors (Lipinski definition) is 2. The van der Waals surface area contributed by atoms with Crippen LogP contribution in [0.5, 0.6) is 5.75 Å². The summed E-state index contributed by atoms with van der Waals surface area (Å²) in [5, 5.41) is 2.50. The number of benzene rings is 2. The van der Waals surface area contributed by atoms with Crippen LogP contribution in [0.1, 0.15) is 5.56 Å². The molecule has 1 amide bonds. The predicted molar refractivity (Wildman–Crippen MR) is 77.2 cm³/mol. The van der Waals surface area contributed by atoms with Gasteiger partial charge in [-0.2, -0.15) is 8.78 Å². The van der Waals surface area contributed by atoms with Gasteiger partial charge in [0.2, 0.25) is 5.91 Å². The first-order valence-corrected chi connectivity index (χ1v) is 6.23. The van der Waals surface area contributed by atoms with E-state index in [0.29, 0.717) is 0 Å². The Morgan fingerprint density at radius 1 is 1.05 bits per heavy atom. The van der Waals surface area contributed by atoms with Crippen LogP contribution in [0.2, 0.25) is 0 Å². The van der Waals surface area contributed by atoms with Crippen molar-refractivity contribution in [2.24, 2.45) is 0 Å². The number of halogens is 2. The minimum absolute atomic E-state index is 0.0750. The van der Waals surface area contributed by atoms with E-state index in [0.717, 1.165) is 5.56 Å². The summed E-state index contributed by atoms with van der Waals surface area (Å²) in [4.78, 5) is 11.8. The molecule has 0 spiro atoms. The van der Waals surface area contributed by atoms with Crippen molar-refractivity contribution in [3.63, 3.8) is 0 Å². The number of amides is 1. The summed E-state index contributed by atoms with van der Waals surface area (Å²) in [6, 6.07) is 15.3. The number of para-hydroxylation sites is 2. The molecule has 0 aromatic heterocycles. The van der Waals surface area contributed by atoms with Crippen molar-refractivity contribution in [1.82, 2.24) is 0 Å². The van der Waals surface area contributed by atoms with E-state index in [1.54, 1.807) is 18.2 Å². The molecule has 0 bridgehead atoms. The molecule has 0 aliphatic rings. The molecule has 0 atom stereocenters. The van der Waals surface area contributed by atoms with Gasteiger partial charge in [-0.15, -0.1) is 0 Å². The van der Waals surface area contributed by atoms with Crippen molar-refractivity contribution in [2.75, 3.05) is 5.32 Å². The number of rotatable bonds is 5. The van der Waals surface area contributed by atoms with Gasteiger partial charge in [-0.05, 0) is 23.8 Å². The molecule has 0 fully saturated rings. The minimum atomic E-state index is -2.94. The Labute approximate surface area is 120 Å². The average Bonchev–Trinajstić information content (AvgIpc) is 2.48. The van der Waals surface area contributed by atoms with Crippen LogP contribution < -0.4 is 10.1 Å². The molecule has 0 radical (unpaired) electrons. The van der Waals surface area contributed by atoms with Gasteiger partial charge in [0.05, 0.1) is 5.69 Å². The smallest absolute Gasteiger partial charge is 0.387 e. The lowest BCUT2D eigenvalue weighted by Gasteiger charge is -2.10. The fourth-order valence-corrected chi connectivity index (χ4v) is 1.68. The van der Waals surface area contributed by atoms with Gasteiger partial charge in [0.25, 0.3) is 0 Å². The highest BCUT2D eigenvalue weighted by Gasteiger charge is 2.10. The monoisotopic (exact) mass is 289 g/mol. The van der Waals surface area contributed by atoms with Crippen molar-refractivity contribution >= 4 is 17.7 Å². The van der Waals surface area contributed by atoms with Crippen molar-refractivity contribution in [2.45, 2.75) is 6.61 Å². The van der Waals surface area contributed by atoms with Crippen LogP contribution in [0.25, 0.3) is 6.08 Å². The molecule has 0 saturated heterocycles. The molecule has 0 unspecified atom stereocenters. The summed E-state index contributed by atoms with van der Waals surface area (Å²) < 4.78 is 28.9. The highest BCUT2D eigenvalue weighted by molar-refractivity contribution is 6.02. The Balaban J connectivity index is 2.04. The van der Waals surface area contributed by atoms with Crippen molar-refractivity contribution in [1.29, 1.82) is 0 Å². The number of alkyl halides is 2. The second kappa shape index (κ2) is 7.19. The van der Waals surface area contributed by atoms with Crippen molar-refractivity contribution in [3.05, 3.63) is 66.2 Å². The third-order valence-electron chi connectivity index (χ3n) is 2.59. The van der Waals surface area contributed by atoms with Crippen LogP contribution in [-0.2, 0) is 4.79 Å². The zero-order valence-electron chi connectivity index (χ0n) is 11.0. The van der Waals surface area contributed by atoms with Gasteiger partial charge in [0, 0.05) is 6.08 Å². The van der Waals surface area contributed by atoms with Crippen LogP contribution in [0.15, 0.2) is 60.7 Å². The molecular weight excluding hydrogens is 276 g/mol. The topological polar surface area (TPSA) is 38.3 Å². The summed E-state index contributed by atoms with van der Waals surface area (Å²) in [6.07, 6.45) is 2.96. The lowest BCUT2D eigenvalue weighted by atomic mass is 10.2. The first-order valence-electron chi connectivity index (χ1n) is 6.23. The standard InChI is InChI=1S/C16H13F2NO2/c17-16(18)21-14-9-5-4-8-13(14)19-15(20)11-10-12-6-2-1-3-7-12/h1-11,16H,(H,19,20)/b11-10+. The third kappa shape index (κ3) is 4.72. The van der Waals surface area contributed by atoms with Gasteiger partial charge in [0.1, 0.15) is 5.75 Å². The van der Waals surface area contributed by atoms with Gasteiger partial charge in [-0.1, -0.05) is 42.5 Å². The highest BCUT2D eigenvalue weighted by Crippen LogP contribution is 2.25. The average molecular weight is 289 g/mol. The van der Waals surface area contributed by atoms with Crippen LogP contribution in [0.4, 0.5) is 14.5 Å². The molecule has 21 heavy (non-hydrogen) atoms. The van der Waals surface area contributed by atoms with E-state index < -0.39 is 12.5 Å². The number of ether oxygens (including phenoxy) is 1. The largest absolute Gasteiger partial charge is 0.433 e. The molecule has 0 heterocycles. The van der Waals surface area contributed by atoms with E-state index in [-0.39, 0.29) is 11.4 Å². The maximum Gasteiger partial charge on any atom is 0.387 e. The zero-order chi connectivity index (χ0) is 15.1. The van der Waals surface area contributed by atoms with E-state index in [1.807, 2.05) is 30.3 Å². The zero-order valence-corrected chi connectivity index (χ0v) is 11.0. The van der Waals surface area contributed by atoms with E-state index in [9.17, 15) is 13.6 Å². The second-order valence-corrected chi connectivity index (χ2v) is 4.11. The predicted octanol–water partition coefficient (Wildman–Crippen LogP) is 3.94. The summed E-state index contributed by atoms with van der Waals surface area (Å²) >= 11 is 0. The fraction of sp³-hybridized carbons (Fsp3) is 0.0625. The van der Waals surface area contributed by atoms with E-state index in [4.69, 9.17) is 0 Å². The summed E-state index contributed by atoms with van der Waals surface area (Å²) in [7, 11) is 0. The molecule has 1 N–H and O–H groups in total. The third-order valence-corrected chi connectivity index (χ3v) is 2.59. The molecule has 5 heteroatoms. The molecule has 0 aliphatic heterocycles. The fourth-order valence-electron chi connectivity index (χ4n) is 1.68.